The smallest absolute Gasteiger partial charge is 0.320 e. The fourth-order valence-electron chi connectivity index (χ4n) is 1.68. The summed E-state index contributed by atoms with van der Waals surface area (Å²) in [4.78, 5) is 13.2. The Labute approximate surface area is 108 Å². The van der Waals surface area contributed by atoms with Crippen molar-refractivity contribution in [2.45, 2.75) is 20.3 Å². The lowest BCUT2D eigenvalue weighted by molar-refractivity contribution is -0.142. The van der Waals surface area contributed by atoms with Gasteiger partial charge in [0.2, 0.25) is 0 Å². The number of hydrogen-bond acceptors (Lipinski definition) is 4. The van der Waals surface area contributed by atoms with Crippen molar-refractivity contribution in [1.29, 1.82) is 5.26 Å². The van der Waals surface area contributed by atoms with Gasteiger partial charge in [0.15, 0.2) is 0 Å². The molecule has 18 heavy (non-hydrogen) atoms. The first-order chi connectivity index (χ1) is 8.67. The monoisotopic (exact) mass is 246 g/mol. The molecule has 0 saturated carbocycles. The van der Waals surface area contributed by atoms with E-state index in [0.717, 1.165) is 12.2 Å². The Balaban J connectivity index is 2.48. The molecule has 0 heterocycles. The van der Waals surface area contributed by atoms with E-state index in [1.165, 1.54) is 5.56 Å². The van der Waals surface area contributed by atoms with Gasteiger partial charge in [0.05, 0.1) is 12.6 Å². The van der Waals surface area contributed by atoms with Gasteiger partial charge < -0.3 is 9.64 Å². The molecule has 1 aromatic rings. The van der Waals surface area contributed by atoms with Gasteiger partial charge in [-0.2, -0.15) is 5.26 Å². The number of likely N-dealkylation sites (N-methyl/N-ethyl adjacent to an activating group) is 1. The molecule has 0 amide bonds. The summed E-state index contributed by atoms with van der Waals surface area (Å²) in [6.45, 7) is 5.89. The molecule has 1 aromatic carbocycles. The van der Waals surface area contributed by atoms with Crippen LogP contribution in [0.1, 0.15) is 18.9 Å². The highest BCUT2D eigenvalue weighted by Gasteiger charge is 2.06. The summed E-state index contributed by atoms with van der Waals surface area (Å²) in [6, 6.07) is 9.96. The third kappa shape index (κ3) is 4.46. The molecule has 0 aromatic heterocycles. The van der Waals surface area contributed by atoms with E-state index in [0.29, 0.717) is 13.2 Å². The number of aryl methyl sites for hydroxylation is 1. The Kier molecular flexibility index (Phi) is 5.72. The van der Waals surface area contributed by atoms with Crippen LogP contribution >= 0.6 is 0 Å². The van der Waals surface area contributed by atoms with E-state index in [2.05, 4.69) is 17.9 Å². The van der Waals surface area contributed by atoms with Crippen molar-refractivity contribution in [2.75, 3.05) is 24.6 Å². The molecule has 0 aliphatic heterocycles. The van der Waals surface area contributed by atoms with Crippen LogP contribution in [0.3, 0.4) is 0 Å². The average molecular weight is 246 g/mol. The minimum Gasteiger partial charge on any atom is -0.463 e. The molecule has 0 fully saturated rings. The van der Waals surface area contributed by atoms with Crippen molar-refractivity contribution in [2.24, 2.45) is 0 Å². The average Bonchev–Trinajstić information content (AvgIpc) is 2.35. The molecule has 4 nitrogen and oxygen atoms in total. The molecule has 0 radical (unpaired) electrons. The normalized spacial score (nSPS) is 9.61. The molecule has 0 atom stereocenters. The maximum Gasteiger partial charge on any atom is 0.320 e. The van der Waals surface area contributed by atoms with Gasteiger partial charge in [-0.25, -0.2) is 0 Å². The van der Waals surface area contributed by atoms with Gasteiger partial charge in [0.25, 0.3) is 0 Å². The number of nitrogens with zero attached hydrogens (tertiary/aromatic N) is 2. The third-order valence-electron chi connectivity index (χ3n) is 2.60. The molecule has 0 saturated heterocycles. The second-order valence-electron chi connectivity index (χ2n) is 3.97. The van der Waals surface area contributed by atoms with E-state index in [9.17, 15) is 4.79 Å². The van der Waals surface area contributed by atoms with Gasteiger partial charge >= 0.3 is 5.97 Å². The first-order valence-electron chi connectivity index (χ1n) is 6.01. The lowest BCUT2D eigenvalue weighted by Gasteiger charge is -2.23. The minimum atomic E-state index is -0.460. The lowest BCUT2D eigenvalue weighted by Crippen LogP contribution is -2.28. The summed E-state index contributed by atoms with van der Waals surface area (Å²) >= 11 is 0. The van der Waals surface area contributed by atoms with E-state index >= 15 is 0 Å². The van der Waals surface area contributed by atoms with Crippen LogP contribution in [0.15, 0.2) is 24.3 Å². The Hall–Kier alpha value is -2.02. The number of carbonyl (C=O) groups is 1. The zero-order chi connectivity index (χ0) is 13.4. The maximum atomic E-state index is 11.0. The second kappa shape index (κ2) is 7.33. The van der Waals surface area contributed by atoms with E-state index in [1.807, 2.05) is 25.1 Å². The van der Waals surface area contributed by atoms with Crippen molar-refractivity contribution in [3.63, 3.8) is 0 Å². The molecule has 96 valence electrons. The van der Waals surface area contributed by atoms with Gasteiger partial charge in [-0.15, -0.1) is 0 Å². The predicted octanol–water partition coefficient (Wildman–Crippen LogP) is 2.28. The van der Waals surface area contributed by atoms with Crippen LogP contribution in [0.25, 0.3) is 0 Å². The van der Waals surface area contributed by atoms with Crippen LogP contribution in [0.2, 0.25) is 0 Å². The van der Waals surface area contributed by atoms with Crippen molar-refractivity contribution >= 4 is 11.7 Å². The van der Waals surface area contributed by atoms with Gasteiger partial charge in [-0.05, 0) is 31.5 Å². The van der Waals surface area contributed by atoms with E-state index in [1.54, 1.807) is 6.07 Å². The molecular formula is C14H18N2O2. The Morgan fingerprint density at radius 3 is 2.89 bits per heavy atom. The summed E-state index contributed by atoms with van der Waals surface area (Å²) in [6.07, 6.45) is -0.184. The van der Waals surface area contributed by atoms with Crippen LogP contribution in [0, 0.1) is 18.3 Å². The number of rotatable bonds is 6. The minimum absolute atomic E-state index is 0.184. The number of nitriles is 1. The number of benzene rings is 1. The van der Waals surface area contributed by atoms with Crippen LogP contribution in [-0.2, 0) is 9.53 Å². The topological polar surface area (TPSA) is 53.3 Å². The number of anilines is 1. The number of carbonyl (C=O) groups excluding carboxylic acids is 1. The van der Waals surface area contributed by atoms with Crippen molar-refractivity contribution < 1.29 is 9.53 Å². The summed E-state index contributed by atoms with van der Waals surface area (Å²) in [5, 5.41) is 8.34. The quantitative estimate of drug-likeness (QED) is 0.723. The summed E-state index contributed by atoms with van der Waals surface area (Å²) in [5.74, 6) is -0.460. The molecule has 0 aliphatic carbocycles. The van der Waals surface area contributed by atoms with Crippen molar-refractivity contribution in [3.05, 3.63) is 29.8 Å². The standard InChI is InChI=1S/C14H18N2O2/c1-3-16(9-10-18-14(17)7-8-15)13-6-4-5-12(2)11-13/h4-6,11H,3,7,9-10H2,1-2H3. The summed E-state index contributed by atoms with van der Waals surface area (Å²) < 4.78 is 4.96. The van der Waals surface area contributed by atoms with Crippen LogP contribution in [0.5, 0.6) is 0 Å². The fourth-order valence-corrected chi connectivity index (χ4v) is 1.68. The van der Waals surface area contributed by atoms with Crippen LogP contribution in [0.4, 0.5) is 5.69 Å². The highest BCUT2D eigenvalue weighted by Crippen LogP contribution is 2.15. The first-order valence-corrected chi connectivity index (χ1v) is 6.01. The summed E-state index contributed by atoms with van der Waals surface area (Å²) in [5.41, 5.74) is 2.32. The molecule has 0 bridgehead atoms. The molecule has 4 heteroatoms. The zero-order valence-electron chi connectivity index (χ0n) is 10.8. The third-order valence-corrected chi connectivity index (χ3v) is 2.60. The van der Waals surface area contributed by atoms with E-state index in [-0.39, 0.29) is 6.42 Å². The van der Waals surface area contributed by atoms with Gasteiger partial charge in [-0.1, -0.05) is 12.1 Å². The highest BCUT2D eigenvalue weighted by molar-refractivity contribution is 5.71. The fraction of sp³-hybridized carbons (Fsp3) is 0.429. The van der Waals surface area contributed by atoms with Gasteiger partial charge in [0.1, 0.15) is 13.0 Å². The molecule has 0 aliphatic rings. The van der Waals surface area contributed by atoms with Gasteiger partial charge in [0, 0.05) is 12.2 Å². The molecule has 0 spiro atoms. The van der Waals surface area contributed by atoms with Crippen molar-refractivity contribution in [1.82, 2.24) is 0 Å². The highest BCUT2D eigenvalue weighted by atomic mass is 16.5. The summed E-state index contributed by atoms with van der Waals surface area (Å²) in [7, 11) is 0. The SMILES string of the molecule is CCN(CCOC(=O)CC#N)c1cccc(C)c1. The largest absolute Gasteiger partial charge is 0.463 e. The van der Waals surface area contributed by atoms with Crippen LogP contribution in [-0.4, -0.2) is 25.7 Å². The molecule has 0 unspecified atom stereocenters. The Morgan fingerprint density at radius 2 is 2.28 bits per heavy atom. The Morgan fingerprint density at radius 1 is 1.50 bits per heavy atom. The Bertz CT molecular complexity index is 438. The van der Waals surface area contributed by atoms with Gasteiger partial charge in [-0.3, -0.25) is 4.79 Å². The molecular weight excluding hydrogens is 228 g/mol. The molecule has 1 rings (SSSR count). The predicted molar refractivity (Wildman–Crippen MR) is 70.3 cm³/mol. The number of esters is 1. The lowest BCUT2D eigenvalue weighted by atomic mass is 10.2. The molecule has 0 N–H and O–H groups in total. The maximum absolute atomic E-state index is 11.0. The van der Waals surface area contributed by atoms with E-state index < -0.39 is 5.97 Å². The first kappa shape index (κ1) is 14.0. The van der Waals surface area contributed by atoms with Crippen molar-refractivity contribution in [3.8, 4) is 6.07 Å². The number of ether oxygens (including phenoxy) is 1. The number of hydrogen-bond donors (Lipinski definition) is 0. The van der Waals surface area contributed by atoms with E-state index in [4.69, 9.17) is 10.00 Å². The zero-order valence-corrected chi connectivity index (χ0v) is 10.8. The second-order valence-corrected chi connectivity index (χ2v) is 3.97. The van der Waals surface area contributed by atoms with Crippen LogP contribution < -0.4 is 4.90 Å².